The molecule has 0 aliphatic heterocycles. The molecular weight excluding hydrogens is 342 g/mol. The molecule has 0 saturated carbocycles. The number of esters is 1. The Morgan fingerprint density at radius 3 is 2.71 bits per heavy atom. The Hall–Kier alpha value is -1.60. The Bertz CT molecular complexity index is 642. The molecule has 1 heterocycles. The first kappa shape index (κ1) is 18.7. The number of anilines is 2. The number of unbranched alkanes of at least 4 members (excludes halogenated alkanes) is 1. The third-order valence-corrected chi connectivity index (χ3v) is 5.26. The van der Waals surface area contributed by atoms with E-state index in [4.69, 9.17) is 4.74 Å². The van der Waals surface area contributed by atoms with E-state index < -0.39 is 0 Å². The molecule has 2 aromatic rings. The number of hydrogen-bond donors (Lipinski definition) is 1. The maximum Gasteiger partial charge on any atom is 0.316 e. The second-order valence-corrected chi connectivity index (χ2v) is 7.84. The quantitative estimate of drug-likeness (QED) is 0.390. The highest BCUT2D eigenvalue weighted by atomic mass is 32.2. The van der Waals surface area contributed by atoms with Gasteiger partial charge in [0.25, 0.3) is 0 Å². The summed E-state index contributed by atoms with van der Waals surface area (Å²) in [5.74, 6) is 0.574. The molecule has 1 aromatic carbocycles. The number of rotatable bonds is 9. The fourth-order valence-corrected chi connectivity index (χ4v) is 3.46. The fraction of sp³-hybridized carbons (Fsp3) is 0.471. The summed E-state index contributed by atoms with van der Waals surface area (Å²) in [6.45, 7) is 6.90. The van der Waals surface area contributed by atoms with Crippen LogP contribution in [0.5, 0.6) is 0 Å². The van der Waals surface area contributed by atoms with Crippen LogP contribution in [0.3, 0.4) is 0 Å². The Balaban J connectivity index is 1.81. The summed E-state index contributed by atoms with van der Waals surface area (Å²) in [6.07, 6.45) is 1.92. The topological polar surface area (TPSA) is 64.1 Å². The number of carbonyl (C=O) groups is 1. The van der Waals surface area contributed by atoms with Crippen molar-refractivity contribution < 1.29 is 9.53 Å². The molecule has 1 N–H and O–H groups in total. The minimum absolute atomic E-state index is 0.206. The van der Waals surface area contributed by atoms with Crippen molar-refractivity contribution in [3.8, 4) is 0 Å². The number of carbonyl (C=O) groups excluding carboxylic acids is 1. The summed E-state index contributed by atoms with van der Waals surface area (Å²) in [5.41, 5.74) is 2.28. The van der Waals surface area contributed by atoms with Gasteiger partial charge in [0, 0.05) is 5.69 Å². The van der Waals surface area contributed by atoms with Gasteiger partial charge in [-0.2, -0.15) is 0 Å². The van der Waals surface area contributed by atoms with Gasteiger partial charge in [-0.05, 0) is 30.0 Å². The number of thioether (sulfide) groups is 1. The number of aromatic nitrogens is 2. The number of ether oxygens (including phenoxy) is 1. The molecule has 5 nitrogen and oxygen atoms in total. The van der Waals surface area contributed by atoms with Crippen molar-refractivity contribution in [3.05, 3.63) is 29.8 Å². The van der Waals surface area contributed by atoms with E-state index >= 15 is 0 Å². The largest absolute Gasteiger partial charge is 0.465 e. The van der Waals surface area contributed by atoms with Crippen LogP contribution in [0.15, 0.2) is 28.6 Å². The van der Waals surface area contributed by atoms with Gasteiger partial charge in [0.1, 0.15) is 0 Å². The molecule has 0 amide bonds. The zero-order valence-electron chi connectivity index (χ0n) is 14.2. The number of benzene rings is 1. The minimum Gasteiger partial charge on any atom is -0.465 e. The predicted octanol–water partition coefficient (Wildman–Crippen LogP) is 4.84. The Labute approximate surface area is 151 Å². The van der Waals surface area contributed by atoms with Crippen LogP contribution in [-0.2, 0) is 9.53 Å². The molecule has 0 unspecified atom stereocenters. The molecule has 0 aliphatic carbocycles. The van der Waals surface area contributed by atoms with Gasteiger partial charge in [-0.1, -0.05) is 62.4 Å². The zero-order valence-corrected chi connectivity index (χ0v) is 15.9. The lowest BCUT2D eigenvalue weighted by atomic mass is 10.0. The molecule has 24 heavy (non-hydrogen) atoms. The van der Waals surface area contributed by atoms with E-state index in [0.717, 1.165) is 22.9 Å². The lowest BCUT2D eigenvalue weighted by Crippen LogP contribution is -2.08. The summed E-state index contributed by atoms with van der Waals surface area (Å²) in [6, 6.07) is 8.29. The minimum atomic E-state index is -0.206. The molecule has 1 aromatic heterocycles. The van der Waals surface area contributed by atoms with Crippen molar-refractivity contribution in [2.45, 2.75) is 43.9 Å². The molecule has 0 radical (unpaired) electrons. The van der Waals surface area contributed by atoms with Crippen LogP contribution in [0.2, 0.25) is 0 Å². The zero-order chi connectivity index (χ0) is 17.4. The maximum atomic E-state index is 11.6. The van der Waals surface area contributed by atoms with Gasteiger partial charge in [-0.15, -0.1) is 10.2 Å². The highest BCUT2D eigenvalue weighted by molar-refractivity contribution is 8.01. The molecular formula is C17H23N3O2S2. The molecule has 0 aliphatic rings. The number of hydrogen-bond acceptors (Lipinski definition) is 7. The van der Waals surface area contributed by atoms with E-state index in [1.54, 1.807) is 0 Å². The third-order valence-electron chi connectivity index (χ3n) is 3.31. The van der Waals surface area contributed by atoms with Gasteiger partial charge >= 0.3 is 5.97 Å². The summed E-state index contributed by atoms with van der Waals surface area (Å²) < 4.78 is 5.87. The molecule has 0 fully saturated rings. The average Bonchev–Trinajstić information content (AvgIpc) is 3.01. The van der Waals surface area contributed by atoms with Gasteiger partial charge < -0.3 is 10.1 Å². The molecule has 0 spiro atoms. The smallest absolute Gasteiger partial charge is 0.316 e. The number of nitrogens with one attached hydrogen (secondary N) is 1. The van der Waals surface area contributed by atoms with E-state index in [-0.39, 0.29) is 11.7 Å². The highest BCUT2D eigenvalue weighted by Crippen LogP contribution is 2.28. The Morgan fingerprint density at radius 2 is 2.04 bits per heavy atom. The van der Waals surface area contributed by atoms with Crippen LogP contribution < -0.4 is 5.32 Å². The third kappa shape index (κ3) is 6.13. The number of nitrogens with zero attached hydrogens (tertiary/aromatic N) is 2. The fourth-order valence-electron chi connectivity index (χ4n) is 1.89. The monoisotopic (exact) mass is 365 g/mol. The normalized spacial score (nSPS) is 10.8. The van der Waals surface area contributed by atoms with Crippen molar-refractivity contribution in [1.82, 2.24) is 10.2 Å². The standard InChI is InChI=1S/C17H23N3O2S2/c1-4-5-10-22-15(21)11-23-17-20-19-16(24-17)18-14-8-6-13(7-9-14)12(2)3/h6-9,12H,4-5,10-11H2,1-3H3,(H,18,19). The predicted molar refractivity (Wildman–Crippen MR) is 100 cm³/mol. The average molecular weight is 366 g/mol. The van der Waals surface area contributed by atoms with Crippen molar-refractivity contribution in [2.75, 3.05) is 17.7 Å². The van der Waals surface area contributed by atoms with Crippen LogP contribution in [0, 0.1) is 0 Å². The molecule has 130 valence electrons. The Morgan fingerprint density at radius 1 is 1.29 bits per heavy atom. The first-order chi connectivity index (χ1) is 11.6. The van der Waals surface area contributed by atoms with Gasteiger partial charge in [-0.25, -0.2) is 0 Å². The molecule has 0 bridgehead atoms. The van der Waals surface area contributed by atoms with Gasteiger partial charge in [-0.3, -0.25) is 4.79 Å². The van der Waals surface area contributed by atoms with E-state index in [1.165, 1.54) is 28.7 Å². The van der Waals surface area contributed by atoms with Crippen molar-refractivity contribution in [3.63, 3.8) is 0 Å². The lowest BCUT2D eigenvalue weighted by Gasteiger charge is -2.06. The van der Waals surface area contributed by atoms with Gasteiger partial charge in [0.2, 0.25) is 5.13 Å². The first-order valence-corrected chi connectivity index (χ1v) is 9.87. The molecule has 2 rings (SSSR count). The van der Waals surface area contributed by atoms with E-state index in [9.17, 15) is 4.79 Å². The summed E-state index contributed by atoms with van der Waals surface area (Å²) >= 11 is 2.79. The second kappa shape index (κ2) is 9.64. The van der Waals surface area contributed by atoms with E-state index in [2.05, 4.69) is 48.4 Å². The van der Waals surface area contributed by atoms with Crippen LogP contribution in [-0.4, -0.2) is 28.5 Å². The van der Waals surface area contributed by atoms with Crippen LogP contribution in [0.4, 0.5) is 10.8 Å². The second-order valence-electron chi connectivity index (χ2n) is 5.64. The van der Waals surface area contributed by atoms with Gasteiger partial charge in [0.15, 0.2) is 4.34 Å². The maximum absolute atomic E-state index is 11.6. The first-order valence-electron chi connectivity index (χ1n) is 8.07. The van der Waals surface area contributed by atoms with E-state index in [1.807, 2.05) is 12.1 Å². The Kier molecular flexibility index (Phi) is 7.52. The molecule has 7 heteroatoms. The summed E-state index contributed by atoms with van der Waals surface area (Å²) in [4.78, 5) is 11.6. The SMILES string of the molecule is CCCCOC(=O)CSc1nnc(Nc2ccc(C(C)C)cc2)s1. The van der Waals surface area contributed by atoms with Crippen molar-refractivity contribution in [2.24, 2.45) is 0 Å². The highest BCUT2D eigenvalue weighted by Gasteiger charge is 2.09. The van der Waals surface area contributed by atoms with Gasteiger partial charge in [0.05, 0.1) is 12.4 Å². The van der Waals surface area contributed by atoms with Crippen LogP contribution >= 0.6 is 23.1 Å². The van der Waals surface area contributed by atoms with E-state index in [0.29, 0.717) is 17.7 Å². The van der Waals surface area contributed by atoms with Crippen molar-refractivity contribution in [1.29, 1.82) is 0 Å². The van der Waals surface area contributed by atoms with Crippen LogP contribution in [0.25, 0.3) is 0 Å². The van der Waals surface area contributed by atoms with Crippen molar-refractivity contribution >= 4 is 39.9 Å². The molecule has 0 atom stereocenters. The summed E-state index contributed by atoms with van der Waals surface area (Å²) in [7, 11) is 0. The molecule has 0 saturated heterocycles. The van der Waals surface area contributed by atoms with Crippen LogP contribution in [0.1, 0.15) is 45.1 Å². The lowest BCUT2D eigenvalue weighted by molar-refractivity contribution is -0.140. The summed E-state index contributed by atoms with van der Waals surface area (Å²) in [5, 5.41) is 12.1.